The summed E-state index contributed by atoms with van der Waals surface area (Å²) in [7, 11) is 1.68. The van der Waals surface area contributed by atoms with Crippen molar-refractivity contribution in [3.63, 3.8) is 0 Å². The molecule has 0 radical (unpaired) electrons. The summed E-state index contributed by atoms with van der Waals surface area (Å²) in [6.45, 7) is 3.72. The van der Waals surface area contributed by atoms with Gasteiger partial charge in [-0.25, -0.2) is 0 Å². The maximum absolute atomic E-state index is 11.5. The fraction of sp³-hybridized carbons (Fsp3) is 0.909. The van der Waals surface area contributed by atoms with E-state index in [0.717, 1.165) is 32.5 Å². The molecule has 5 heteroatoms. The third kappa shape index (κ3) is 6.05. The van der Waals surface area contributed by atoms with Crippen LogP contribution in [0.5, 0.6) is 0 Å². The minimum Gasteiger partial charge on any atom is -0.383 e. The van der Waals surface area contributed by atoms with Crippen molar-refractivity contribution in [2.75, 3.05) is 39.9 Å². The number of carbonyl (C=O) groups is 1. The Hall–Kier alpha value is -0.650. The molecule has 1 fully saturated rings. The van der Waals surface area contributed by atoms with E-state index in [1.807, 2.05) is 0 Å². The lowest BCUT2D eigenvalue weighted by molar-refractivity contribution is -0.121. The normalized spacial score (nSPS) is 15.4. The lowest BCUT2D eigenvalue weighted by Gasteiger charge is -2.20. The number of nitrogens with two attached hydrogens (primary N) is 1. The van der Waals surface area contributed by atoms with Crippen molar-refractivity contribution in [1.82, 2.24) is 10.2 Å². The molecule has 16 heavy (non-hydrogen) atoms. The van der Waals surface area contributed by atoms with Gasteiger partial charge in [-0.1, -0.05) is 0 Å². The molecule has 1 aliphatic carbocycles. The summed E-state index contributed by atoms with van der Waals surface area (Å²) in [6, 6.07) is 0.453. The van der Waals surface area contributed by atoms with Gasteiger partial charge in [0.2, 0.25) is 5.91 Å². The summed E-state index contributed by atoms with van der Waals surface area (Å²) in [5.74, 6) is 0.155. The monoisotopic (exact) mass is 229 g/mol. The molecule has 5 nitrogen and oxygen atoms in total. The topological polar surface area (TPSA) is 67.6 Å². The second kappa shape index (κ2) is 7.60. The molecule has 1 aliphatic rings. The first-order valence-electron chi connectivity index (χ1n) is 5.97. The van der Waals surface area contributed by atoms with Gasteiger partial charge in [0.25, 0.3) is 0 Å². The largest absolute Gasteiger partial charge is 0.383 e. The van der Waals surface area contributed by atoms with Crippen LogP contribution in [-0.2, 0) is 9.53 Å². The summed E-state index contributed by atoms with van der Waals surface area (Å²) in [6.07, 6.45) is 2.84. The van der Waals surface area contributed by atoms with Gasteiger partial charge in [0, 0.05) is 45.8 Å². The Morgan fingerprint density at radius 1 is 1.44 bits per heavy atom. The van der Waals surface area contributed by atoms with E-state index in [1.54, 1.807) is 7.11 Å². The van der Waals surface area contributed by atoms with Gasteiger partial charge in [-0.05, 0) is 12.8 Å². The molecule has 1 saturated carbocycles. The highest BCUT2D eigenvalue weighted by Crippen LogP contribution is 2.18. The van der Waals surface area contributed by atoms with Crippen LogP contribution in [0.2, 0.25) is 0 Å². The maximum Gasteiger partial charge on any atom is 0.221 e. The molecule has 1 amide bonds. The zero-order valence-corrected chi connectivity index (χ0v) is 10.1. The second-order valence-electron chi connectivity index (χ2n) is 4.21. The zero-order valence-electron chi connectivity index (χ0n) is 10.1. The van der Waals surface area contributed by atoms with Crippen LogP contribution < -0.4 is 11.1 Å². The number of nitrogens with zero attached hydrogens (tertiary/aromatic N) is 1. The molecule has 0 aromatic rings. The van der Waals surface area contributed by atoms with Crippen molar-refractivity contribution in [3.8, 4) is 0 Å². The van der Waals surface area contributed by atoms with Crippen molar-refractivity contribution in [1.29, 1.82) is 0 Å². The Morgan fingerprint density at radius 2 is 2.19 bits per heavy atom. The molecule has 0 spiro atoms. The fourth-order valence-corrected chi connectivity index (χ4v) is 1.53. The lowest BCUT2D eigenvalue weighted by atomic mass is 10.3. The molecule has 0 unspecified atom stereocenters. The van der Waals surface area contributed by atoms with E-state index in [4.69, 9.17) is 10.5 Å². The number of rotatable bonds is 9. The van der Waals surface area contributed by atoms with Gasteiger partial charge in [0.05, 0.1) is 6.61 Å². The van der Waals surface area contributed by atoms with Crippen LogP contribution in [0.15, 0.2) is 0 Å². The summed E-state index contributed by atoms with van der Waals surface area (Å²) < 4.78 is 5.02. The number of carbonyl (C=O) groups excluding carboxylic acids is 1. The van der Waals surface area contributed by atoms with E-state index in [-0.39, 0.29) is 5.91 Å². The average molecular weight is 229 g/mol. The minimum absolute atomic E-state index is 0.155. The maximum atomic E-state index is 11.5. The van der Waals surface area contributed by atoms with E-state index in [1.165, 1.54) is 0 Å². The van der Waals surface area contributed by atoms with Gasteiger partial charge in [0.1, 0.15) is 0 Å². The van der Waals surface area contributed by atoms with Crippen LogP contribution in [-0.4, -0.2) is 56.7 Å². The van der Waals surface area contributed by atoms with Crippen molar-refractivity contribution in [2.24, 2.45) is 5.73 Å². The van der Waals surface area contributed by atoms with E-state index in [0.29, 0.717) is 25.6 Å². The van der Waals surface area contributed by atoms with Crippen LogP contribution >= 0.6 is 0 Å². The van der Waals surface area contributed by atoms with E-state index in [9.17, 15) is 4.79 Å². The van der Waals surface area contributed by atoms with Crippen molar-refractivity contribution in [3.05, 3.63) is 0 Å². The molecule has 1 rings (SSSR count). The molecule has 0 atom stereocenters. The first-order chi connectivity index (χ1) is 7.76. The first kappa shape index (κ1) is 13.4. The van der Waals surface area contributed by atoms with Crippen molar-refractivity contribution >= 4 is 5.91 Å². The van der Waals surface area contributed by atoms with Gasteiger partial charge >= 0.3 is 0 Å². The number of hydrogen-bond acceptors (Lipinski definition) is 4. The molecule has 0 aromatic heterocycles. The Balaban J connectivity index is 2.11. The molecule has 0 aliphatic heterocycles. The van der Waals surface area contributed by atoms with Crippen LogP contribution in [0, 0.1) is 0 Å². The first-order valence-corrected chi connectivity index (χ1v) is 5.97. The molecule has 0 heterocycles. The Labute approximate surface area is 97.3 Å². The highest BCUT2D eigenvalue weighted by Gasteiger charge is 2.23. The smallest absolute Gasteiger partial charge is 0.221 e. The molecule has 3 N–H and O–H groups in total. The number of amides is 1. The Morgan fingerprint density at radius 3 is 2.75 bits per heavy atom. The molecular weight excluding hydrogens is 206 g/mol. The predicted octanol–water partition coefficient (Wildman–Crippen LogP) is -0.438. The van der Waals surface area contributed by atoms with Crippen LogP contribution in [0.4, 0.5) is 0 Å². The van der Waals surface area contributed by atoms with Gasteiger partial charge in [0.15, 0.2) is 0 Å². The van der Waals surface area contributed by atoms with Gasteiger partial charge in [-0.15, -0.1) is 0 Å². The quantitative estimate of drug-likeness (QED) is 0.562. The van der Waals surface area contributed by atoms with Crippen molar-refractivity contribution in [2.45, 2.75) is 25.3 Å². The number of ether oxygens (including phenoxy) is 1. The second-order valence-corrected chi connectivity index (χ2v) is 4.21. The lowest BCUT2D eigenvalue weighted by Crippen LogP contribution is -2.36. The zero-order chi connectivity index (χ0) is 11.8. The number of hydrogen-bond donors (Lipinski definition) is 2. The molecule has 0 saturated heterocycles. The summed E-state index contributed by atoms with van der Waals surface area (Å²) >= 11 is 0. The standard InChI is InChI=1S/C11H23N3O2/c1-16-9-8-14(7-5-12)6-4-11(15)13-10-2-3-10/h10H,2-9,12H2,1H3,(H,13,15). The molecule has 0 aromatic carbocycles. The van der Waals surface area contributed by atoms with Crippen molar-refractivity contribution < 1.29 is 9.53 Å². The third-order valence-electron chi connectivity index (χ3n) is 2.65. The van der Waals surface area contributed by atoms with E-state index < -0.39 is 0 Å². The molecule has 94 valence electrons. The van der Waals surface area contributed by atoms with E-state index in [2.05, 4.69) is 10.2 Å². The SMILES string of the molecule is COCCN(CCN)CCC(=O)NC1CC1. The summed E-state index contributed by atoms with van der Waals surface area (Å²) in [5, 5.41) is 2.98. The average Bonchev–Trinajstić information content (AvgIpc) is 3.06. The van der Waals surface area contributed by atoms with Gasteiger partial charge < -0.3 is 15.8 Å². The van der Waals surface area contributed by atoms with Gasteiger partial charge in [-0.2, -0.15) is 0 Å². The fourth-order valence-electron chi connectivity index (χ4n) is 1.53. The number of nitrogens with one attached hydrogen (secondary N) is 1. The Kier molecular flexibility index (Phi) is 6.37. The number of methoxy groups -OCH3 is 1. The Bertz CT molecular complexity index is 207. The van der Waals surface area contributed by atoms with Crippen LogP contribution in [0.3, 0.4) is 0 Å². The highest BCUT2D eigenvalue weighted by molar-refractivity contribution is 5.76. The third-order valence-corrected chi connectivity index (χ3v) is 2.65. The summed E-state index contributed by atoms with van der Waals surface area (Å²) in [5.41, 5.74) is 5.52. The molecular formula is C11H23N3O2. The summed E-state index contributed by atoms with van der Waals surface area (Å²) in [4.78, 5) is 13.6. The predicted molar refractivity (Wildman–Crippen MR) is 63.2 cm³/mol. The van der Waals surface area contributed by atoms with E-state index >= 15 is 0 Å². The van der Waals surface area contributed by atoms with Crippen LogP contribution in [0.1, 0.15) is 19.3 Å². The highest BCUT2D eigenvalue weighted by atomic mass is 16.5. The van der Waals surface area contributed by atoms with Crippen LogP contribution in [0.25, 0.3) is 0 Å². The molecule has 0 bridgehead atoms. The van der Waals surface area contributed by atoms with Gasteiger partial charge in [-0.3, -0.25) is 9.69 Å². The minimum atomic E-state index is 0.155.